The van der Waals surface area contributed by atoms with Gasteiger partial charge in [0.25, 0.3) is 5.89 Å². The van der Waals surface area contributed by atoms with Gasteiger partial charge in [-0.2, -0.15) is 4.98 Å². The van der Waals surface area contributed by atoms with Crippen LogP contribution in [-0.2, 0) is 16.4 Å². The fourth-order valence-electron chi connectivity index (χ4n) is 2.79. The fourth-order valence-corrected chi connectivity index (χ4v) is 3.46. The third kappa shape index (κ3) is 4.17. The Labute approximate surface area is 136 Å². The minimum Gasteiger partial charge on any atom is -0.334 e. The maximum absolute atomic E-state index is 11.6. The molecule has 0 unspecified atom stereocenters. The molecule has 7 heteroatoms. The molecular weight excluding hydrogens is 314 g/mol. The Morgan fingerprint density at radius 1 is 1.17 bits per heavy atom. The summed E-state index contributed by atoms with van der Waals surface area (Å²) in [5.74, 6) is 1.01. The van der Waals surface area contributed by atoms with Crippen LogP contribution in [0.4, 0.5) is 0 Å². The average molecular weight is 335 g/mol. The zero-order valence-electron chi connectivity index (χ0n) is 13.2. The van der Waals surface area contributed by atoms with Crippen LogP contribution in [0.2, 0.25) is 0 Å². The number of aromatic nitrogens is 2. The van der Waals surface area contributed by atoms with E-state index in [1.165, 1.54) is 31.9 Å². The number of rotatable bonds is 4. The highest BCUT2D eigenvalue weighted by atomic mass is 32.2. The number of hydrogen-bond acceptors (Lipinski definition) is 6. The summed E-state index contributed by atoms with van der Waals surface area (Å²) >= 11 is 0. The van der Waals surface area contributed by atoms with Gasteiger partial charge in [0.2, 0.25) is 0 Å². The first-order valence-electron chi connectivity index (χ1n) is 7.88. The van der Waals surface area contributed by atoms with Crippen molar-refractivity contribution in [1.82, 2.24) is 15.0 Å². The maximum Gasteiger partial charge on any atom is 0.258 e. The van der Waals surface area contributed by atoms with Gasteiger partial charge in [0.15, 0.2) is 15.7 Å². The molecule has 0 saturated carbocycles. The zero-order valence-corrected chi connectivity index (χ0v) is 14.1. The summed E-state index contributed by atoms with van der Waals surface area (Å²) in [6.07, 6.45) is 6.17. The predicted octanol–water partition coefficient (Wildman–Crippen LogP) is 2.52. The lowest BCUT2D eigenvalue weighted by atomic mass is 10.2. The number of likely N-dealkylation sites (tertiary alicyclic amines) is 1. The molecule has 2 aromatic rings. The van der Waals surface area contributed by atoms with Crippen LogP contribution in [0.1, 0.15) is 31.5 Å². The minimum absolute atomic E-state index is 0.252. The molecule has 1 saturated heterocycles. The van der Waals surface area contributed by atoms with Crippen molar-refractivity contribution in [2.75, 3.05) is 19.3 Å². The summed E-state index contributed by atoms with van der Waals surface area (Å²) in [5.41, 5.74) is 0.627. The minimum atomic E-state index is -3.25. The van der Waals surface area contributed by atoms with Crippen molar-refractivity contribution in [1.29, 1.82) is 0 Å². The number of nitrogens with zero attached hydrogens (tertiary/aromatic N) is 3. The van der Waals surface area contributed by atoms with E-state index in [2.05, 4.69) is 15.0 Å². The second-order valence-corrected chi connectivity index (χ2v) is 8.02. The molecule has 1 aromatic carbocycles. The van der Waals surface area contributed by atoms with Crippen LogP contribution in [0.3, 0.4) is 0 Å². The van der Waals surface area contributed by atoms with Crippen molar-refractivity contribution in [2.45, 2.75) is 37.1 Å². The van der Waals surface area contributed by atoms with E-state index in [0.717, 1.165) is 13.1 Å². The lowest BCUT2D eigenvalue weighted by molar-refractivity contribution is 0.265. The summed E-state index contributed by atoms with van der Waals surface area (Å²) in [4.78, 5) is 7.01. The van der Waals surface area contributed by atoms with Gasteiger partial charge in [-0.05, 0) is 44.1 Å². The van der Waals surface area contributed by atoms with E-state index in [1.54, 1.807) is 24.3 Å². The first-order valence-corrected chi connectivity index (χ1v) is 9.77. The second kappa shape index (κ2) is 6.80. The largest absolute Gasteiger partial charge is 0.334 e. The maximum atomic E-state index is 11.6. The molecule has 0 spiro atoms. The molecule has 1 aliphatic heterocycles. The molecule has 1 aliphatic rings. The van der Waals surface area contributed by atoms with Crippen LogP contribution < -0.4 is 0 Å². The van der Waals surface area contributed by atoms with Gasteiger partial charge in [-0.3, -0.25) is 4.90 Å². The summed E-state index contributed by atoms with van der Waals surface area (Å²) in [5, 5.41) is 4.03. The van der Waals surface area contributed by atoms with Gasteiger partial charge in [-0.1, -0.05) is 24.1 Å². The van der Waals surface area contributed by atoms with Crippen LogP contribution in [-0.4, -0.2) is 42.8 Å². The van der Waals surface area contributed by atoms with Crippen LogP contribution in [0, 0.1) is 0 Å². The quantitative estimate of drug-likeness (QED) is 0.854. The molecule has 0 amide bonds. The van der Waals surface area contributed by atoms with E-state index in [9.17, 15) is 8.42 Å². The molecule has 0 bridgehead atoms. The van der Waals surface area contributed by atoms with E-state index in [-0.39, 0.29) is 4.90 Å². The van der Waals surface area contributed by atoms with Crippen LogP contribution in [0.25, 0.3) is 11.5 Å². The van der Waals surface area contributed by atoms with Gasteiger partial charge < -0.3 is 4.52 Å². The molecule has 23 heavy (non-hydrogen) atoms. The van der Waals surface area contributed by atoms with Crippen molar-refractivity contribution < 1.29 is 12.9 Å². The van der Waals surface area contributed by atoms with Crippen molar-refractivity contribution in [2.24, 2.45) is 0 Å². The molecule has 2 heterocycles. The van der Waals surface area contributed by atoms with Gasteiger partial charge >= 0.3 is 0 Å². The van der Waals surface area contributed by atoms with E-state index in [1.807, 2.05) is 0 Å². The molecular formula is C16H21N3O3S. The lowest BCUT2D eigenvalue weighted by Gasteiger charge is -2.16. The predicted molar refractivity (Wildman–Crippen MR) is 86.6 cm³/mol. The molecule has 0 N–H and O–H groups in total. The highest BCUT2D eigenvalue weighted by Crippen LogP contribution is 2.21. The number of sulfone groups is 1. The normalized spacial score (nSPS) is 17.1. The number of benzene rings is 1. The van der Waals surface area contributed by atoms with Gasteiger partial charge in [-0.15, -0.1) is 0 Å². The molecule has 1 fully saturated rings. The molecule has 0 atom stereocenters. The smallest absolute Gasteiger partial charge is 0.258 e. The van der Waals surface area contributed by atoms with E-state index < -0.39 is 9.84 Å². The third-order valence-electron chi connectivity index (χ3n) is 4.04. The van der Waals surface area contributed by atoms with Crippen molar-refractivity contribution >= 4 is 9.84 Å². The highest BCUT2D eigenvalue weighted by molar-refractivity contribution is 7.90. The second-order valence-electron chi connectivity index (χ2n) is 6.01. The van der Waals surface area contributed by atoms with Crippen molar-refractivity contribution in [3.63, 3.8) is 0 Å². The average Bonchev–Trinajstić information content (AvgIpc) is 2.83. The molecule has 6 nitrogen and oxygen atoms in total. The number of hydrogen-bond donors (Lipinski definition) is 0. The van der Waals surface area contributed by atoms with Gasteiger partial charge in [0.1, 0.15) is 0 Å². The topological polar surface area (TPSA) is 76.3 Å². The molecule has 3 rings (SSSR count). The summed E-state index contributed by atoms with van der Waals surface area (Å²) in [7, 11) is -3.25. The Hall–Kier alpha value is -1.73. The fraction of sp³-hybridized carbons (Fsp3) is 0.500. The Bertz CT molecular complexity index is 762. The van der Waals surface area contributed by atoms with Gasteiger partial charge in [0.05, 0.1) is 11.4 Å². The van der Waals surface area contributed by atoms with Crippen molar-refractivity contribution in [3.8, 4) is 11.5 Å². The Morgan fingerprint density at radius 3 is 2.61 bits per heavy atom. The summed E-state index contributed by atoms with van der Waals surface area (Å²) < 4.78 is 28.6. The van der Waals surface area contributed by atoms with Crippen LogP contribution >= 0.6 is 0 Å². The van der Waals surface area contributed by atoms with Crippen LogP contribution in [0.5, 0.6) is 0 Å². The van der Waals surface area contributed by atoms with E-state index in [4.69, 9.17) is 4.52 Å². The zero-order chi connectivity index (χ0) is 16.3. The van der Waals surface area contributed by atoms with Crippen molar-refractivity contribution in [3.05, 3.63) is 30.1 Å². The molecule has 124 valence electrons. The first-order chi connectivity index (χ1) is 11.0. The van der Waals surface area contributed by atoms with E-state index in [0.29, 0.717) is 23.8 Å². The monoisotopic (exact) mass is 335 g/mol. The Balaban J connectivity index is 1.76. The Morgan fingerprint density at radius 2 is 1.91 bits per heavy atom. The summed E-state index contributed by atoms with van der Waals surface area (Å²) in [6.45, 7) is 2.80. The molecule has 0 aliphatic carbocycles. The first kappa shape index (κ1) is 16.1. The lowest BCUT2D eigenvalue weighted by Crippen LogP contribution is -2.24. The summed E-state index contributed by atoms with van der Waals surface area (Å²) in [6, 6.07) is 6.59. The highest BCUT2D eigenvalue weighted by Gasteiger charge is 2.16. The standard InChI is InChI=1S/C16H21N3O3S/c1-23(20,21)14-8-6-7-13(11-14)16-17-15(18-22-16)12-19-9-4-2-3-5-10-19/h6-8,11H,2-5,9-10,12H2,1H3. The SMILES string of the molecule is CS(=O)(=O)c1cccc(-c2nc(CN3CCCCCC3)no2)c1. The third-order valence-corrected chi connectivity index (χ3v) is 5.15. The van der Waals surface area contributed by atoms with Gasteiger partial charge in [0, 0.05) is 11.8 Å². The van der Waals surface area contributed by atoms with Crippen LogP contribution in [0.15, 0.2) is 33.7 Å². The van der Waals surface area contributed by atoms with Gasteiger partial charge in [-0.25, -0.2) is 8.42 Å². The van der Waals surface area contributed by atoms with E-state index >= 15 is 0 Å². The Kier molecular flexibility index (Phi) is 4.77. The molecule has 1 aromatic heterocycles. The molecule has 0 radical (unpaired) electrons.